The van der Waals surface area contributed by atoms with E-state index in [1.165, 1.54) is 37.7 Å². The summed E-state index contributed by atoms with van der Waals surface area (Å²) in [5.41, 5.74) is 5.06. The van der Waals surface area contributed by atoms with Crippen molar-refractivity contribution in [2.75, 3.05) is 0 Å². The largest absolute Gasteiger partial charge is 0.481 e. The summed E-state index contributed by atoms with van der Waals surface area (Å²) in [5, 5.41) is 9.23. The van der Waals surface area contributed by atoms with Crippen LogP contribution in [0.2, 0.25) is 0 Å². The molecule has 1 heterocycles. The number of carboxylic acid groups (broad SMARTS) is 1. The maximum absolute atomic E-state index is 11.2. The van der Waals surface area contributed by atoms with E-state index < -0.39 is 5.97 Å². The van der Waals surface area contributed by atoms with E-state index in [0.29, 0.717) is 17.8 Å². The van der Waals surface area contributed by atoms with Crippen LogP contribution in [0.25, 0.3) is 5.57 Å². The number of pyridine rings is 1. The molecular weight excluding hydrogens is 358 g/mol. The monoisotopic (exact) mass is 391 g/mol. The van der Waals surface area contributed by atoms with Crippen molar-refractivity contribution < 1.29 is 9.90 Å². The van der Waals surface area contributed by atoms with Gasteiger partial charge in [-0.15, -0.1) is 0 Å². The van der Waals surface area contributed by atoms with E-state index >= 15 is 0 Å². The fourth-order valence-corrected chi connectivity index (χ4v) is 7.70. The second kappa shape index (κ2) is 6.82. The van der Waals surface area contributed by atoms with Crippen LogP contribution in [0.1, 0.15) is 70.8 Å². The van der Waals surface area contributed by atoms with Crippen LogP contribution in [0.4, 0.5) is 0 Å². The number of hydrogen-bond acceptors (Lipinski definition) is 2. The fourth-order valence-electron chi connectivity index (χ4n) is 7.70. The topological polar surface area (TPSA) is 50.2 Å². The van der Waals surface area contributed by atoms with E-state index in [2.05, 4.69) is 43.1 Å². The zero-order valence-electron chi connectivity index (χ0n) is 17.7. The standard InChI is InChI=1S/C26H33NO2/c1-25-11-7-17(16-24(28)29)15-19(25)3-4-20-22-6-5-21(18-9-13-27-14-10-18)26(22,2)12-8-23(20)25/h3,5,9-10,13-14,17,20,22-23H,4,6-8,11-12,15-16H2,1-2H3,(H,28,29)/t17-,20-,22-,23-,25-,26+/m0/s1. The summed E-state index contributed by atoms with van der Waals surface area (Å²) in [5.74, 6) is 1.95. The van der Waals surface area contributed by atoms with Crippen molar-refractivity contribution in [2.24, 2.45) is 34.5 Å². The number of fused-ring (bicyclic) bond motifs is 5. The van der Waals surface area contributed by atoms with Crippen molar-refractivity contribution in [1.29, 1.82) is 0 Å². The van der Waals surface area contributed by atoms with Crippen LogP contribution >= 0.6 is 0 Å². The second-order valence-electron chi connectivity index (χ2n) is 10.5. The third kappa shape index (κ3) is 2.92. The Labute approximate surface area is 174 Å². The van der Waals surface area contributed by atoms with Gasteiger partial charge in [0.2, 0.25) is 0 Å². The molecule has 1 N–H and O–H groups in total. The van der Waals surface area contributed by atoms with Crippen molar-refractivity contribution >= 4 is 11.5 Å². The first-order chi connectivity index (χ1) is 13.9. The molecule has 0 aromatic carbocycles. The molecule has 0 aliphatic heterocycles. The van der Waals surface area contributed by atoms with E-state index in [0.717, 1.165) is 30.6 Å². The average molecular weight is 392 g/mol. The first-order valence-corrected chi connectivity index (χ1v) is 11.4. The Hall–Kier alpha value is -1.90. The highest BCUT2D eigenvalue weighted by atomic mass is 16.4. The van der Waals surface area contributed by atoms with E-state index in [1.54, 1.807) is 11.1 Å². The minimum Gasteiger partial charge on any atom is -0.481 e. The van der Waals surface area contributed by atoms with Gasteiger partial charge in [0.1, 0.15) is 0 Å². The Kier molecular flexibility index (Phi) is 4.49. The van der Waals surface area contributed by atoms with Crippen LogP contribution < -0.4 is 0 Å². The Balaban J connectivity index is 1.41. The number of nitrogens with zero attached hydrogens (tertiary/aromatic N) is 1. The highest BCUT2D eigenvalue weighted by molar-refractivity contribution is 5.72. The van der Waals surface area contributed by atoms with Crippen molar-refractivity contribution in [1.82, 2.24) is 4.98 Å². The number of carboxylic acids is 1. The summed E-state index contributed by atoms with van der Waals surface area (Å²) in [6, 6.07) is 4.35. The molecule has 6 atom stereocenters. The summed E-state index contributed by atoms with van der Waals surface area (Å²) in [7, 11) is 0. The highest BCUT2D eigenvalue weighted by Crippen LogP contribution is 2.66. The zero-order chi connectivity index (χ0) is 20.2. The average Bonchev–Trinajstić information content (AvgIpc) is 3.06. The second-order valence-corrected chi connectivity index (χ2v) is 10.5. The Bertz CT molecular complexity index is 872. The molecule has 2 saturated carbocycles. The lowest BCUT2D eigenvalue weighted by Gasteiger charge is -2.58. The molecule has 0 saturated heterocycles. The van der Waals surface area contributed by atoms with Crippen molar-refractivity contribution in [3.05, 3.63) is 47.8 Å². The first-order valence-electron chi connectivity index (χ1n) is 11.4. The number of aliphatic carboxylic acids is 1. The Morgan fingerprint density at radius 2 is 1.83 bits per heavy atom. The fraction of sp³-hybridized carbons (Fsp3) is 0.615. The van der Waals surface area contributed by atoms with Gasteiger partial charge in [-0.1, -0.05) is 31.6 Å². The Morgan fingerprint density at radius 1 is 1.07 bits per heavy atom. The minimum atomic E-state index is -0.637. The van der Waals surface area contributed by atoms with E-state index in [-0.39, 0.29) is 5.41 Å². The van der Waals surface area contributed by atoms with Gasteiger partial charge in [0.05, 0.1) is 0 Å². The summed E-state index contributed by atoms with van der Waals surface area (Å²) in [4.78, 5) is 15.4. The summed E-state index contributed by atoms with van der Waals surface area (Å²) in [6.07, 6.45) is 17.5. The van der Waals surface area contributed by atoms with Gasteiger partial charge in [0.25, 0.3) is 0 Å². The van der Waals surface area contributed by atoms with Crippen LogP contribution in [-0.2, 0) is 4.79 Å². The van der Waals surface area contributed by atoms with Crippen LogP contribution in [0.5, 0.6) is 0 Å². The quantitative estimate of drug-likeness (QED) is 0.631. The van der Waals surface area contributed by atoms with E-state index in [9.17, 15) is 9.90 Å². The SMILES string of the molecule is C[C@]12CC[C@H](CC(=O)O)CC1=CC[C@@H]1[C@@H]2CC[C@]2(C)C(c3ccncc3)=CC[C@@H]12. The molecule has 3 nitrogen and oxygen atoms in total. The van der Waals surface area contributed by atoms with Crippen LogP contribution in [0, 0.1) is 34.5 Å². The molecule has 154 valence electrons. The normalized spacial score (nSPS) is 40.9. The molecule has 0 spiro atoms. The number of rotatable bonds is 3. The predicted molar refractivity (Wildman–Crippen MR) is 115 cm³/mol. The lowest BCUT2D eigenvalue weighted by atomic mass is 9.47. The molecule has 3 heteroatoms. The molecule has 4 aliphatic rings. The smallest absolute Gasteiger partial charge is 0.303 e. The van der Waals surface area contributed by atoms with Gasteiger partial charge in [-0.05, 0) is 103 Å². The van der Waals surface area contributed by atoms with Crippen molar-refractivity contribution in [3.63, 3.8) is 0 Å². The van der Waals surface area contributed by atoms with Gasteiger partial charge in [-0.25, -0.2) is 0 Å². The minimum absolute atomic E-state index is 0.282. The Morgan fingerprint density at radius 3 is 2.59 bits per heavy atom. The molecule has 0 radical (unpaired) electrons. The molecule has 2 fully saturated rings. The molecule has 0 bridgehead atoms. The molecule has 1 aromatic heterocycles. The van der Waals surface area contributed by atoms with Crippen LogP contribution in [0.15, 0.2) is 42.3 Å². The molecule has 4 aliphatic carbocycles. The predicted octanol–water partition coefficient (Wildman–Crippen LogP) is 6.13. The number of hydrogen-bond donors (Lipinski definition) is 1. The summed E-state index contributed by atoms with van der Waals surface area (Å²) < 4.78 is 0. The maximum atomic E-state index is 11.2. The van der Waals surface area contributed by atoms with Gasteiger partial charge < -0.3 is 5.11 Å². The molecule has 29 heavy (non-hydrogen) atoms. The van der Waals surface area contributed by atoms with Crippen LogP contribution in [-0.4, -0.2) is 16.1 Å². The molecule has 0 unspecified atom stereocenters. The van der Waals surface area contributed by atoms with Crippen molar-refractivity contribution in [2.45, 2.75) is 65.2 Å². The van der Waals surface area contributed by atoms with Crippen molar-refractivity contribution in [3.8, 4) is 0 Å². The highest BCUT2D eigenvalue weighted by Gasteiger charge is 2.56. The van der Waals surface area contributed by atoms with Gasteiger partial charge in [0.15, 0.2) is 0 Å². The lowest BCUT2D eigenvalue weighted by molar-refractivity contribution is -0.138. The van der Waals surface area contributed by atoms with E-state index in [1.807, 2.05) is 12.4 Å². The van der Waals surface area contributed by atoms with Gasteiger partial charge >= 0.3 is 5.97 Å². The lowest BCUT2D eigenvalue weighted by Crippen LogP contribution is -2.49. The third-order valence-corrected chi connectivity index (χ3v) is 9.24. The van der Waals surface area contributed by atoms with E-state index in [4.69, 9.17) is 0 Å². The number of allylic oxidation sites excluding steroid dienone is 4. The molecular formula is C26H33NO2. The maximum Gasteiger partial charge on any atom is 0.303 e. The van der Waals surface area contributed by atoms with Gasteiger partial charge in [-0.2, -0.15) is 0 Å². The third-order valence-electron chi connectivity index (χ3n) is 9.24. The summed E-state index contributed by atoms with van der Waals surface area (Å²) in [6.45, 7) is 5.01. The van der Waals surface area contributed by atoms with Gasteiger partial charge in [0, 0.05) is 18.8 Å². The molecule has 0 amide bonds. The van der Waals surface area contributed by atoms with Crippen LogP contribution in [0.3, 0.4) is 0 Å². The number of aromatic nitrogens is 1. The summed E-state index contributed by atoms with van der Waals surface area (Å²) >= 11 is 0. The molecule has 5 rings (SSSR count). The number of carbonyl (C=O) groups is 1. The first kappa shape index (κ1) is 19.1. The molecule has 1 aromatic rings. The van der Waals surface area contributed by atoms with Gasteiger partial charge in [-0.3, -0.25) is 9.78 Å². The zero-order valence-corrected chi connectivity index (χ0v) is 17.7.